The molecule has 0 bridgehead atoms. The fourth-order valence-electron chi connectivity index (χ4n) is 3.61. The van der Waals surface area contributed by atoms with Crippen molar-refractivity contribution in [3.05, 3.63) is 71.8 Å². The molecular weight excluding hydrogens is 542 g/mol. The summed E-state index contributed by atoms with van der Waals surface area (Å²) < 4.78 is 40.5. The number of hydrogen-bond acceptors (Lipinski definition) is 9. The monoisotopic (exact) mass is 575 g/mol. The highest BCUT2D eigenvalue weighted by atomic mass is 32.2. The summed E-state index contributed by atoms with van der Waals surface area (Å²) in [7, 11) is -0.607. The minimum Gasteiger partial charge on any atom is -0.493 e. The summed E-state index contributed by atoms with van der Waals surface area (Å²) in [4.78, 5) is 17.2. The van der Waals surface area contributed by atoms with Gasteiger partial charge in [0.1, 0.15) is 6.61 Å². The largest absolute Gasteiger partial charge is 0.493 e. The average Bonchev–Trinajstić information content (AvgIpc) is 3.39. The number of nitrogens with one attached hydrogen (secondary N) is 3. The molecule has 5 N–H and O–H groups in total. The number of nitrogens with two attached hydrogens (primary N) is 1. The number of amides is 1. The van der Waals surface area contributed by atoms with Gasteiger partial charge < -0.3 is 24.8 Å². The van der Waals surface area contributed by atoms with Crippen molar-refractivity contribution in [1.82, 2.24) is 15.0 Å². The van der Waals surface area contributed by atoms with E-state index < -0.39 is 22.3 Å². The Kier molecular flexibility index (Phi) is 11.1. The highest BCUT2D eigenvalue weighted by Crippen LogP contribution is 2.33. The molecule has 0 saturated carbocycles. The molecule has 210 valence electrons. The molecule has 3 aromatic rings. The van der Waals surface area contributed by atoms with Gasteiger partial charge in [-0.25, -0.2) is 19.6 Å². The fraction of sp³-hybridized carbons (Fsp3) is 0.308. The first-order valence-electron chi connectivity index (χ1n) is 12.1. The van der Waals surface area contributed by atoms with E-state index in [1.165, 1.54) is 11.3 Å². The van der Waals surface area contributed by atoms with Gasteiger partial charge in [0, 0.05) is 23.2 Å². The molecule has 1 heterocycles. The molecule has 1 amide bonds. The molecule has 0 spiro atoms. The summed E-state index contributed by atoms with van der Waals surface area (Å²) in [6.45, 7) is 4.42. The Labute approximate surface area is 232 Å². The fourth-order valence-corrected chi connectivity index (χ4v) is 4.79. The standard InChI is InChI=1S/C26H33N5O6S2/c1-18(29-25-30-22(17-38-25)20-12-13-23(35-2)24(15-20)36-3)21(11-7-8-14-28-39(27,33)34)31-26(32)37-16-19-9-5-4-6-10-19/h4-6,9-10,12-13,15,17,21,28H,1,7-8,11,14,16H2,2-3H3,(H,29,30)(H,31,32)(H2,27,33,34)/t21-/m0/s1. The number of unbranched alkanes of at least 4 members (excludes halogenated alkanes) is 1. The molecule has 0 radical (unpaired) electrons. The Morgan fingerprint density at radius 1 is 1.10 bits per heavy atom. The van der Waals surface area contributed by atoms with Gasteiger partial charge in [0.05, 0.1) is 26.0 Å². The molecule has 39 heavy (non-hydrogen) atoms. The third kappa shape index (κ3) is 9.87. The van der Waals surface area contributed by atoms with Gasteiger partial charge in [0.2, 0.25) is 0 Å². The van der Waals surface area contributed by atoms with Crippen LogP contribution >= 0.6 is 11.3 Å². The molecule has 1 atom stereocenters. The van der Waals surface area contributed by atoms with E-state index in [1.54, 1.807) is 14.2 Å². The second kappa shape index (κ2) is 14.5. The topological polar surface area (TPSA) is 154 Å². The van der Waals surface area contributed by atoms with Crippen molar-refractivity contribution < 1.29 is 27.4 Å². The first-order chi connectivity index (χ1) is 18.7. The average molecular weight is 576 g/mol. The predicted octanol–water partition coefficient (Wildman–Crippen LogP) is 4.01. The van der Waals surface area contributed by atoms with Crippen LogP contribution in [0.3, 0.4) is 0 Å². The van der Waals surface area contributed by atoms with Crippen LogP contribution in [0.1, 0.15) is 24.8 Å². The summed E-state index contributed by atoms with van der Waals surface area (Å²) in [6, 6.07) is 14.4. The molecular formula is C26H33N5O6S2. The maximum Gasteiger partial charge on any atom is 0.408 e. The number of benzene rings is 2. The quantitative estimate of drug-likeness (QED) is 0.198. The van der Waals surface area contributed by atoms with Crippen LogP contribution in [-0.2, 0) is 21.6 Å². The minimum absolute atomic E-state index is 0.124. The highest BCUT2D eigenvalue weighted by molar-refractivity contribution is 7.87. The lowest BCUT2D eigenvalue weighted by Gasteiger charge is -2.21. The maximum absolute atomic E-state index is 12.6. The van der Waals surface area contributed by atoms with E-state index in [9.17, 15) is 13.2 Å². The smallest absolute Gasteiger partial charge is 0.408 e. The number of aromatic nitrogens is 1. The van der Waals surface area contributed by atoms with E-state index in [-0.39, 0.29) is 13.2 Å². The lowest BCUT2D eigenvalue weighted by molar-refractivity contribution is 0.136. The maximum atomic E-state index is 12.6. The van der Waals surface area contributed by atoms with Crippen molar-refractivity contribution in [1.29, 1.82) is 0 Å². The number of carbonyl (C=O) groups is 1. The molecule has 13 heteroatoms. The van der Waals surface area contributed by atoms with E-state index in [0.717, 1.165) is 16.8 Å². The SMILES string of the molecule is C=C(Nc1nc(-c2ccc(OC)c(OC)c2)cs1)[C@H](CCCCNS(N)(=O)=O)NC(=O)OCc1ccccc1. The van der Waals surface area contributed by atoms with Crippen LogP contribution in [0.2, 0.25) is 0 Å². The Morgan fingerprint density at radius 2 is 1.85 bits per heavy atom. The number of alkyl carbamates (subject to hydrolysis) is 1. The van der Waals surface area contributed by atoms with E-state index in [2.05, 4.69) is 26.9 Å². The van der Waals surface area contributed by atoms with Gasteiger partial charge in [0.15, 0.2) is 16.6 Å². The Balaban J connectivity index is 1.64. The minimum atomic E-state index is -3.76. The summed E-state index contributed by atoms with van der Waals surface area (Å²) in [5.74, 6) is 1.22. The number of hydrogen-bond donors (Lipinski definition) is 4. The lowest BCUT2D eigenvalue weighted by atomic mass is 10.1. The Morgan fingerprint density at radius 3 is 2.54 bits per heavy atom. The zero-order chi connectivity index (χ0) is 28.3. The number of carbonyl (C=O) groups excluding carboxylic acids is 1. The number of nitrogens with zero attached hydrogens (tertiary/aromatic N) is 1. The van der Waals surface area contributed by atoms with Gasteiger partial charge in [-0.2, -0.15) is 8.42 Å². The molecule has 2 aromatic carbocycles. The number of rotatable bonds is 15. The molecule has 11 nitrogen and oxygen atoms in total. The van der Waals surface area contributed by atoms with Gasteiger partial charge in [0.25, 0.3) is 10.2 Å². The van der Waals surface area contributed by atoms with Crippen molar-refractivity contribution >= 4 is 32.8 Å². The van der Waals surface area contributed by atoms with Crippen LogP contribution in [0.25, 0.3) is 11.3 Å². The second-order valence-corrected chi connectivity index (χ2v) is 10.7. The van der Waals surface area contributed by atoms with Crippen LogP contribution in [0.5, 0.6) is 11.5 Å². The summed E-state index contributed by atoms with van der Waals surface area (Å²) >= 11 is 1.38. The third-order valence-corrected chi connectivity index (χ3v) is 6.96. The van der Waals surface area contributed by atoms with Gasteiger partial charge >= 0.3 is 6.09 Å². The van der Waals surface area contributed by atoms with Crippen molar-refractivity contribution in [2.45, 2.75) is 31.9 Å². The lowest BCUT2D eigenvalue weighted by Crippen LogP contribution is -2.38. The van der Waals surface area contributed by atoms with Gasteiger partial charge in [-0.1, -0.05) is 36.9 Å². The molecule has 0 aliphatic heterocycles. The molecule has 0 aliphatic rings. The second-order valence-electron chi connectivity index (χ2n) is 8.45. The van der Waals surface area contributed by atoms with Crippen molar-refractivity contribution in [3.63, 3.8) is 0 Å². The normalized spacial score (nSPS) is 11.9. The number of anilines is 1. The third-order valence-electron chi connectivity index (χ3n) is 5.60. The van der Waals surface area contributed by atoms with Crippen LogP contribution < -0.4 is 30.0 Å². The Hall–Kier alpha value is -3.65. The van der Waals surface area contributed by atoms with Crippen molar-refractivity contribution in [3.8, 4) is 22.8 Å². The van der Waals surface area contributed by atoms with Gasteiger partial charge in [-0.05, 0) is 43.0 Å². The Bertz CT molecular complexity index is 1350. The zero-order valence-electron chi connectivity index (χ0n) is 21.8. The number of thiazole rings is 1. The van der Waals surface area contributed by atoms with E-state index >= 15 is 0 Å². The van der Waals surface area contributed by atoms with Gasteiger partial charge in [-0.15, -0.1) is 11.3 Å². The first kappa shape index (κ1) is 29.9. The highest BCUT2D eigenvalue weighted by Gasteiger charge is 2.18. The summed E-state index contributed by atoms with van der Waals surface area (Å²) in [6.07, 6.45) is 0.982. The molecule has 3 rings (SSSR count). The molecule has 0 unspecified atom stereocenters. The number of methoxy groups -OCH3 is 2. The van der Waals surface area contributed by atoms with E-state index in [0.29, 0.717) is 41.6 Å². The molecule has 0 aliphatic carbocycles. The number of ether oxygens (including phenoxy) is 3. The first-order valence-corrected chi connectivity index (χ1v) is 14.5. The van der Waals surface area contributed by atoms with Crippen molar-refractivity contribution in [2.75, 3.05) is 26.1 Å². The zero-order valence-corrected chi connectivity index (χ0v) is 23.4. The van der Waals surface area contributed by atoms with Crippen LogP contribution in [0.4, 0.5) is 9.93 Å². The molecule has 0 saturated heterocycles. The van der Waals surface area contributed by atoms with Crippen LogP contribution in [-0.4, -0.2) is 46.3 Å². The summed E-state index contributed by atoms with van der Waals surface area (Å²) in [5, 5.41) is 13.5. The van der Waals surface area contributed by atoms with Gasteiger partial charge in [-0.3, -0.25) is 0 Å². The summed E-state index contributed by atoms with van der Waals surface area (Å²) in [5.41, 5.74) is 2.96. The van der Waals surface area contributed by atoms with E-state index in [4.69, 9.17) is 19.3 Å². The molecule has 1 aromatic heterocycles. The van der Waals surface area contributed by atoms with Crippen LogP contribution in [0, 0.1) is 0 Å². The predicted molar refractivity (Wildman–Crippen MR) is 152 cm³/mol. The van der Waals surface area contributed by atoms with E-state index in [1.807, 2.05) is 53.9 Å². The van der Waals surface area contributed by atoms with Crippen LogP contribution in [0.15, 0.2) is 66.2 Å². The molecule has 0 fully saturated rings. The van der Waals surface area contributed by atoms with Crippen molar-refractivity contribution in [2.24, 2.45) is 5.14 Å².